The van der Waals surface area contributed by atoms with Crippen molar-refractivity contribution in [3.05, 3.63) is 28.2 Å². The van der Waals surface area contributed by atoms with Gasteiger partial charge in [-0.05, 0) is 61.9 Å². The van der Waals surface area contributed by atoms with Crippen LogP contribution in [0.5, 0.6) is 5.75 Å². The van der Waals surface area contributed by atoms with Gasteiger partial charge in [0.2, 0.25) is 0 Å². The monoisotopic (exact) mass is 355 g/mol. The molecule has 0 spiro atoms. The van der Waals surface area contributed by atoms with Crippen molar-refractivity contribution in [1.29, 1.82) is 0 Å². The second-order valence-corrected chi connectivity index (χ2v) is 6.67. The second kappa shape index (κ2) is 8.16. The molecule has 3 nitrogen and oxygen atoms in total. The van der Waals surface area contributed by atoms with Crippen LogP contribution < -0.4 is 10.1 Å². The fourth-order valence-corrected chi connectivity index (χ4v) is 3.30. The first-order valence-electron chi connectivity index (χ1n) is 7.78. The molecule has 0 aromatic heterocycles. The Hall–Kier alpha value is -0.580. The molecule has 0 amide bonds. The summed E-state index contributed by atoms with van der Waals surface area (Å²) < 4.78 is 12.4. The SMILES string of the molecule is CCCNC(Cc1cc(Br)ccc1OC)C(OC)C1CC1. The van der Waals surface area contributed by atoms with Gasteiger partial charge in [-0.25, -0.2) is 0 Å². The van der Waals surface area contributed by atoms with Crippen LogP contribution in [0.1, 0.15) is 31.7 Å². The minimum absolute atomic E-state index is 0.292. The van der Waals surface area contributed by atoms with Crippen LogP contribution in [0.4, 0.5) is 0 Å². The van der Waals surface area contributed by atoms with E-state index in [1.165, 1.54) is 18.4 Å². The van der Waals surface area contributed by atoms with Crippen molar-refractivity contribution in [2.24, 2.45) is 5.92 Å². The summed E-state index contributed by atoms with van der Waals surface area (Å²) in [6.45, 7) is 3.22. The molecule has 2 unspecified atom stereocenters. The van der Waals surface area contributed by atoms with Crippen molar-refractivity contribution in [1.82, 2.24) is 5.32 Å². The molecule has 1 aromatic carbocycles. The Morgan fingerprint density at radius 1 is 1.33 bits per heavy atom. The van der Waals surface area contributed by atoms with E-state index in [0.29, 0.717) is 18.1 Å². The zero-order chi connectivity index (χ0) is 15.2. The molecule has 1 fully saturated rings. The lowest BCUT2D eigenvalue weighted by Gasteiger charge is -2.28. The number of benzene rings is 1. The first-order chi connectivity index (χ1) is 10.2. The third-order valence-corrected chi connectivity index (χ3v) is 4.59. The number of rotatable bonds is 9. The summed E-state index contributed by atoms with van der Waals surface area (Å²) >= 11 is 3.56. The van der Waals surface area contributed by atoms with Crippen LogP contribution in [-0.4, -0.2) is 32.9 Å². The number of hydrogen-bond acceptors (Lipinski definition) is 3. The maximum atomic E-state index is 5.79. The third kappa shape index (κ3) is 4.70. The Kier molecular flexibility index (Phi) is 6.52. The highest BCUT2D eigenvalue weighted by Crippen LogP contribution is 2.37. The van der Waals surface area contributed by atoms with Gasteiger partial charge in [0.15, 0.2) is 0 Å². The summed E-state index contributed by atoms with van der Waals surface area (Å²) in [6.07, 6.45) is 4.93. The van der Waals surface area contributed by atoms with Crippen LogP contribution in [0.15, 0.2) is 22.7 Å². The summed E-state index contributed by atoms with van der Waals surface area (Å²) in [4.78, 5) is 0. The van der Waals surface area contributed by atoms with Crippen molar-refractivity contribution >= 4 is 15.9 Å². The van der Waals surface area contributed by atoms with Crippen molar-refractivity contribution < 1.29 is 9.47 Å². The first kappa shape index (κ1) is 16.8. The minimum Gasteiger partial charge on any atom is -0.496 e. The molecule has 0 saturated heterocycles. The van der Waals surface area contributed by atoms with Gasteiger partial charge in [-0.15, -0.1) is 0 Å². The van der Waals surface area contributed by atoms with E-state index in [-0.39, 0.29) is 0 Å². The van der Waals surface area contributed by atoms with Crippen molar-refractivity contribution in [2.75, 3.05) is 20.8 Å². The zero-order valence-corrected chi connectivity index (χ0v) is 14.8. The van der Waals surface area contributed by atoms with E-state index in [9.17, 15) is 0 Å². The van der Waals surface area contributed by atoms with E-state index < -0.39 is 0 Å². The molecule has 0 heterocycles. The van der Waals surface area contributed by atoms with Crippen LogP contribution >= 0.6 is 15.9 Å². The summed E-state index contributed by atoms with van der Waals surface area (Å²) in [5, 5.41) is 3.67. The van der Waals surface area contributed by atoms with Crippen LogP contribution in [0, 0.1) is 5.92 Å². The van der Waals surface area contributed by atoms with Gasteiger partial charge in [0.05, 0.1) is 13.2 Å². The summed E-state index contributed by atoms with van der Waals surface area (Å²) in [6, 6.07) is 6.53. The standard InChI is InChI=1S/C17H26BrNO2/c1-4-9-19-15(17(21-3)12-5-6-12)11-13-10-14(18)7-8-16(13)20-2/h7-8,10,12,15,17,19H,4-6,9,11H2,1-3H3. The molecule has 1 aliphatic rings. The number of methoxy groups -OCH3 is 2. The molecular weight excluding hydrogens is 330 g/mol. The highest BCUT2D eigenvalue weighted by Gasteiger charge is 2.36. The Morgan fingerprint density at radius 2 is 2.10 bits per heavy atom. The molecule has 0 radical (unpaired) electrons. The molecule has 118 valence electrons. The average Bonchev–Trinajstić information content (AvgIpc) is 3.30. The summed E-state index contributed by atoms with van der Waals surface area (Å²) in [5.74, 6) is 1.66. The lowest BCUT2D eigenvalue weighted by Crippen LogP contribution is -2.44. The molecule has 1 aromatic rings. The predicted octanol–water partition coefficient (Wildman–Crippen LogP) is 3.79. The number of ether oxygens (including phenoxy) is 2. The largest absolute Gasteiger partial charge is 0.496 e. The van der Waals surface area contributed by atoms with E-state index in [1.54, 1.807) is 7.11 Å². The van der Waals surface area contributed by atoms with Gasteiger partial charge in [0.1, 0.15) is 5.75 Å². The predicted molar refractivity (Wildman–Crippen MR) is 90.0 cm³/mol. The van der Waals surface area contributed by atoms with Crippen molar-refractivity contribution in [3.63, 3.8) is 0 Å². The molecular formula is C17H26BrNO2. The quantitative estimate of drug-likeness (QED) is 0.730. The second-order valence-electron chi connectivity index (χ2n) is 5.76. The fourth-order valence-electron chi connectivity index (χ4n) is 2.89. The molecule has 1 N–H and O–H groups in total. The van der Waals surface area contributed by atoms with Crippen molar-refractivity contribution in [3.8, 4) is 5.75 Å². The van der Waals surface area contributed by atoms with Crippen LogP contribution in [-0.2, 0) is 11.2 Å². The number of nitrogens with one attached hydrogen (secondary N) is 1. The lowest BCUT2D eigenvalue weighted by atomic mass is 9.97. The molecule has 0 bridgehead atoms. The third-order valence-electron chi connectivity index (χ3n) is 4.09. The summed E-state index contributed by atoms with van der Waals surface area (Å²) in [7, 11) is 3.57. The Bertz CT molecular complexity index is 448. The molecule has 2 atom stereocenters. The van der Waals surface area contributed by atoms with Gasteiger partial charge < -0.3 is 14.8 Å². The lowest BCUT2D eigenvalue weighted by molar-refractivity contribution is 0.0509. The van der Waals surface area contributed by atoms with Gasteiger partial charge in [0, 0.05) is 17.6 Å². The van der Waals surface area contributed by atoms with Crippen LogP contribution in [0.3, 0.4) is 0 Å². The highest BCUT2D eigenvalue weighted by atomic mass is 79.9. The molecule has 4 heteroatoms. The van der Waals surface area contributed by atoms with Gasteiger partial charge in [0.25, 0.3) is 0 Å². The number of halogens is 1. The maximum Gasteiger partial charge on any atom is 0.122 e. The first-order valence-corrected chi connectivity index (χ1v) is 8.57. The molecule has 1 aliphatic carbocycles. The van der Waals surface area contributed by atoms with Crippen molar-refractivity contribution in [2.45, 2.75) is 44.8 Å². The van der Waals surface area contributed by atoms with Gasteiger partial charge in [-0.2, -0.15) is 0 Å². The zero-order valence-electron chi connectivity index (χ0n) is 13.2. The molecule has 21 heavy (non-hydrogen) atoms. The van der Waals surface area contributed by atoms with Gasteiger partial charge >= 0.3 is 0 Å². The maximum absolute atomic E-state index is 5.79. The van der Waals surface area contributed by atoms with Crippen LogP contribution in [0.2, 0.25) is 0 Å². The topological polar surface area (TPSA) is 30.5 Å². The highest BCUT2D eigenvalue weighted by molar-refractivity contribution is 9.10. The van der Waals surface area contributed by atoms with Crippen LogP contribution in [0.25, 0.3) is 0 Å². The van der Waals surface area contributed by atoms with E-state index >= 15 is 0 Å². The Labute approximate surface area is 136 Å². The smallest absolute Gasteiger partial charge is 0.122 e. The summed E-state index contributed by atoms with van der Waals surface area (Å²) in [5.41, 5.74) is 1.23. The average molecular weight is 356 g/mol. The van der Waals surface area contributed by atoms with E-state index in [1.807, 2.05) is 19.2 Å². The molecule has 2 rings (SSSR count). The Balaban J connectivity index is 2.15. The fraction of sp³-hybridized carbons (Fsp3) is 0.647. The van der Waals surface area contributed by atoms with E-state index in [0.717, 1.165) is 29.6 Å². The molecule has 0 aliphatic heterocycles. The van der Waals surface area contributed by atoms with E-state index in [2.05, 4.69) is 34.2 Å². The van der Waals surface area contributed by atoms with E-state index in [4.69, 9.17) is 9.47 Å². The Morgan fingerprint density at radius 3 is 2.67 bits per heavy atom. The molecule has 1 saturated carbocycles. The van der Waals surface area contributed by atoms with Gasteiger partial charge in [-0.3, -0.25) is 0 Å². The normalized spacial score (nSPS) is 17.5. The minimum atomic E-state index is 0.292. The van der Waals surface area contributed by atoms with Gasteiger partial charge in [-0.1, -0.05) is 22.9 Å². The number of hydrogen-bond donors (Lipinski definition) is 1.